The molecular weight excluding hydrogens is 633 g/mol. The van der Waals surface area contributed by atoms with Gasteiger partial charge in [-0.1, -0.05) is 24.3 Å². The molecule has 13 heteroatoms. The summed E-state index contributed by atoms with van der Waals surface area (Å²) in [7, 11) is 3.22. The number of hydrogen-bond donors (Lipinski definition) is 2. The molecule has 1 aliphatic heterocycles. The lowest BCUT2D eigenvalue weighted by atomic mass is 10.1. The van der Waals surface area contributed by atoms with E-state index in [9.17, 15) is 14.0 Å². The van der Waals surface area contributed by atoms with Gasteiger partial charge in [0.05, 0.1) is 51.1 Å². The minimum atomic E-state index is -0.504. The van der Waals surface area contributed by atoms with Gasteiger partial charge in [0.25, 0.3) is 11.1 Å². The van der Waals surface area contributed by atoms with Crippen molar-refractivity contribution in [3.63, 3.8) is 0 Å². The third-order valence-electron chi connectivity index (χ3n) is 7.85. The molecule has 2 N–H and O–H groups in total. The van der Waals surface area contributed by atoms with E-state index in [2.05, 4.69) is 24.8 Å². The van der Waals surface area contributed by atoms with Crippen molar-refractivity contribution < 1.29 is 28.1 Å². The summed E-state index contributed by atoms with van der Waals surface area (Å²) in [6, 6.07) is 21.1. The highest BCUT2D eigenvalue weighted by atomic mass is 19.1. The summed E-state index contributed by atoms with van der Waals surface area (Å²) in [5.74, 6) is 1.72. The van der Waals surface area contributed by atoms with Gasteiger partial charge in [-0.05, 0) is 41.5 Å². The Morgan fingerprint density at radius 1 is 0.714 bits per heavy atom. The topological polar surface area (TPSA) is 141 Å². The second-order valence-electron chi connectivity index (χ2n) is 11.0. The Balaban J connectivity index is 0.000000174. The van der Waals surface area contributed by atoms with Crippen LogP contribution < -0.4 is 35.0 Å². The fourth-order valence-corrected chi connectivity index (χ4v) is 5.28. The van der Waals surface area contributed by atoms with Crippen LogP contribution in [0, 0.1) is 5.82 Å². The molecule has 0 bridgehead atoms. The van der Waals surface area contributed by atoms with Crippen LogP contribution in [0.1, 0.15) is 11.1 Å². The fourth-order valence-electron chi connectivity index (χ4n) is 5.28. The van der Waals surface area contributed by atoms with Crippen molar-refractivity contribution in [1.82, 2.24) is 19.9 Å². The SMILES string of the molecule is COc1ccc(COc2cc(F)cc3nc[nH]c(=O)c23)cc1.COc1ccc(COc2cc(N3CCOCC3)cc3nc[nH]c(=O)c23)cc1. The van der Waals surface area contributed by atoms with E-state index in [0.29, 0.717) is 36.5 Å². The Morgan fingerprint density at radius 2 is 1.20 bits per heavy atom. The maximum Gasteiger partial charge on any atom is 0.262 e. The molecule has 1 fully saturated rings. The second kappa shape index (κ2) is 15.3. The van der Waals surface area contributed by atoms with E-state index in [0.717, 1.165) is 41.4 Å². The first-order valence-corrected chi connectivity index (χ1v) is 15.4. The lowest BCUT2D eigenvalue weighted by Gasteiger charge is -2.29. The molecule has 6 aromatic rings. The van der Waals surface area contributed by atoms with Crippen LogP contribution in [-0.2, 0) is 18.0 Å². The van der Waals surface area contributed by atoms with E-state index in [4.69, 9.17) is 23.7 Å². The molecule has 0 amide bonds. The van der Waals surface area contributed by atoms with Gasteiger partial charge in [0.2, 0.25) is 0 Å². The number of H-pyrrole nitrogens is 2. The van der Waals surface area contributed by atoms with Crippen LogP contribution in [0.25, 0.3) is 21.8 Å². The zero-order valence-corrected chi connectivity index (χ0v) is 26.9. The zero-order chi connectivity index (χ0) is 34.2. The van der Waals surface area contributed by atoms with E-state index < -0.39 is 5.82 Å². The normalized spacial score (nSPS) is 12.7. The number of anilines is 1. The molecule has 2 aromatic heterocycles. The van der Waals surface area contributed by atoms with E-state index >= 15 is 0 Å². The zero-order valence-electron chi connectivity index (χ0n) is 26.9. The molecule has 49 heavy (non-hydrogen) atoms. The molecule has 12 nitrogen and oxygen atoms in total. The Labute approximate surface area is 280 Å². The van der Waals surface area contributed by atoms with E-state index in [1.807, 2.05) is 48.5 Å². The monoisotopic (exact) mass is 667 g/mol. The van der Waals surface area contributed by atoms with Crippen LogP contribution in [0.15, 0.2) is 95.0 Å². The van der Waals surface area contributed by atoms with Crippen LogP contribution in [0.5, 0.6) is 23.0 Å². The van der Waals surface area contributed by atoms with Crippen LogP contribution in [-0.4, -0.2) is 60.5 Å². The molecule has 7 rings (SSSR count). The molecule has 1 aliphatic rings. The Hall–Kier alpha value is -5.95. The molecule has 4 aromatic carbocycles. The van der Waals surface area contributed by atoms with Gasteiger partial charge in [-0.3, -0.25) is 9.59 Å². The molecule has 0 unspecified atom stereocenters. The molecule has 0 saturated carbocycles. The highest BCUT2D eigenvalue weighted by molar-refractivity contribution is 5.88. The average Bonchev–Trinajstić information content (AvgIpc) is 3.13. The van der Waals surface area contributed by atoms with Crippen molar-refractivity contribution in [3.8, 4) is 23.0 Å². The smallest absolute Gasteiger partial charge is 0.262 e. The lowest BCUT2D eigenvalue weighted by Crippen LogP contribution is -2.36. The Bertz CT molecular complexity index is 2150. The molecule has 0 atom stereocenters. The van der Waals surface area contributed by atoms with E-state index in [-0.39, 0.29) is 34.4 Å². The predicted octanol–water partition coefficient (Wildman–Crippen LogP) is 5.00. The van der Waals surface area contributed by atoms with Gasteiger partial charge < -0.3 is 38.6 Å². The van der Waals surface area contributed by atoms with Crippen LogP contribution in [0.2, 0.25) is 0 Å². The largest absolute Gasteiger partial charge is 0.497 e. The third kappa shape index (κ3) is 7.96. The molecule has 3 heterocycles. The number of ether oxygens (including phenoxy) is 5. The minimum Gasteiger partial charge on any atom is -0.497 e. The van der Waals surface area contributed by atoms with Crippen LogP contribution >= 0.6 is 0 Å². The number of rotatable bonds is 9. The number of morpholine rings is 1. The van der Waals surface area contributed by atoms with Crippen LogP contribution in [0.4, 0.5) is 10.1 Å². The van der Waals surface area contributed by atoms with Crippen molar-refractivity contribution in [2.24, 2.45) is 0 Å². The van der Waals surface area contributed by atoms with Gasteiger partial charge in [-0.25, -0.2) is 14.4 Å². The van der Waals surface area contributed by atoms with Gasteiger partial charge in [0.15, 0.2) is 0 Å². The molecule has 252 valence electrons. The molecule has 0 radical (unpaired) electrons. The molecule has 0 aliphatic carbocycles. The summed E-state index contributed by atoms with van der Waals surface area (Å²) in [5.41, 5.74) is 3.14. The third-order valence-corrected chi connectivity index (χ3v) is 7.85. The summed E-state index contributed by atoms with van der Waals surface area (Å²) < 4.78 is 40.9. The summed E-state index contributed by atoms with van der Waals surface area (Å²) in [6.45, 7) is 3.52. The summed E-state index contributed by atoms with van der Waals surface area (Å²) >= 11 is 0. The number of aromatic nitrogens is 4. The number of aromatic amines is 2. The first kappa shape index (κ1) is 33.0. The standard InChI is InChI=1S/C20H21N3O4.C16H13FN2O3/c1-25-16-4-2-14(3-5-16)12-27-18-11-15(23-6-8-26-9-7-23)10-17-19(18)20(24)22-13-21-17;1-21-12-4-2-10(3-5-12)8-22-14-7-11(17)6-13-15(14)16(20)19-9-18-13/h2-5,10-11,13H,6-9,12H2,1H3,(H,21,22,24);2-7,9H,8H2,1H3,(H,18,19,20). The lowest BCUT2D eigenvalue weighted by molar-refractivity contribution is 0.122. The highest BCUT2D eigenvalue weighted by Crippen LogP contribution is 2.30. The van der Waals surface area contributed by atoms with Crippen molar-refractivity contribution in [3.05, 3.63) is 123 Å². The molecular formula is C36H34FN5O7. The maximum absolute atomic E-state index is 13.6. The summed E-state index contributed by atoms with van der Waals surface area (Å²) in [6.07, 6.45) is 2.65. The average molecular weight is 668 g/mol. The van der Waals surface area contributed by atoms with Crippen molar-refractivity contribution >= 4 is 27.5 Å². The van der Waals surface area contributed by atoms with E-state index in [1.165, 1.54) is 24.8 Å². The predicted molar refractivity (Wildman–Crippen MR) is 182 cm³/mol. The minimum absolute atomic E-state index is 0.167. The van der Waals surface area contributed by atoms with Gasteiger partial charge in [-0.2, -0.15) is 0 Å². The molecule has 0 spiro atoms. The van der Waals surface area contributed by atoms with Gasteiger partial charge in [-0.15, -0.1) is 0 Å². The fraction of sp³-hybridized carbons (Fsp3) is 0.222. The Kier molecular flexibility index (Phi) is 10.3. The number of nitrogens with one attached hydrogen (secondary N) is 2. The van der Waals surface area contributed by atoms with Gasteiger partial charge in [0, 0.05) is 37.0 Å². The highest BCUT2D eigenvalue weighted by Gasteiger charge is 2.17. The summed E-state index contributed by atoms with van der Waals surface area (Å²) in [4.78, 5) is 39.8. The first-order chi connectivity index (χ1) is 23.9. The van der Waals surface area contributed by atoms with Gasteiger partial charge >= 0.3 is 0 Å². The number of benzene rings is 4. The number of hydrogen-bond acceptors (Lipinski definition) is 10. The Morgan fingerprint density at radius 3 is 1.71 bits per heavy atom. The van der Waals surface area contributed by atoms with Crippen molar-refractivity contribution in [2.45, 2.75) is 13.2 Å². The van der Waals surface area contributed by atoms with Crippen molar-refractivity contribution in [1.29, 1.82) is 0 Å². The summed E-state index contributed by atoms with van der Waals surface area (Å²) in [5, 5.41) is 0.695. The maximum atomic E-state index is 13.6. The number of methoxy groups -OCH3 is 2. The number of fused-ring (bicyclic) bond motifs is 2. The number of nitrogens with zero attached hydrogens (tertiary/aromatic N) is 3. The second-order valence-corrected chi connectivity index (χ2v) is 11.0. The quantitative estimate of drug-likeness (QED) is 0.217. The molecule has 1 saturated heterocycles. The van der Waals surface area contributed by atoms with E-state index in [1.54, 1.807) is 26.4 Å². The first-order valence-electron chi connectivity index (χ1n) is 15.4. The van der Waals surface area contributed by atoms with Crippen molar-refractivity contribution in [2.75, 3.05) is 45.4 Å². The number of halogens is 1. The van der Waals surface area contributed by atoms with Crippen LogP contribution in [0.3, 0.4) is 0 Å². The van der Waals surface area contributed by atoms with Gasteiger partial charge in [0.1, 0.15) is 52.8 Å².